The molecule has 0 spiro atoms. The van der Waals surface area contributed by atoms with Gasteiger partial charge >= 0.3 is 0 Å². The first-order chi connectivity index (χ1) is 16.1. The van der Waals surface area contributed by atoms with E-state index < -0.39 is 15.6 Å². The van der Waals surface area contributed by atoms with Crippen LogP contribution in [0.5, 0.6) is 5.75 Å². The van der Waals surface area contributed by atoms with Gasteiger partial charge in [0.2, 0.25) is 0 Å². The molecule has 1 amide bonds. The normalized spacial score (nSPS) is 18.0. The third-order valence-corrected chi connectivity index (χ3v) is 7.44. The molecule has 1 saturated carbocycles. The second-order valence-corrected chi connectivity index (χ2v) is 11.5. The summed E-state index contributed by atoms with van der Waals surface area (Å²) in [5, 5.41) is 3.03. The minimum absolute atomic E-state index is 0.0824. The van der Waals surface area contributed by atoms with Crippen molar-refractivity contribution in [2.24, 2.45) is 16.0 Å². The number of amides is 1. The number of nitrogens with one attached hydrogen (secondary N) is 1. The van der Waals surface area contributed by atoms with Gasteiger partial charge in [-0.15, -0.1) is 4.40 Å². The zero-order chi connectivity index (χ0) is 24.3. The maximum absolute atomic E-state index is 13.0. The van der Waals surface area contributed by atoms with Gasteiger partial charge in [-0.1, -0.05) is 44.2 Å². The Morgan fingerprint density at radius 2 is 1.97 bits per heavy atom. The standard InChI is InChI=1S/C25H32N4O4S/c1-25(2,16-33-21-10-6-9-19-15-34(31,32)29-23(26)22(19)21)28-24(30)18-11-12-27-20(14-18)13-17-7-4-3-5-8-17/h6,9-12,14,17H,3-5,7-8,13,15-16H2,1-2H3,(H2,26,29)(H,28,30). The molecule has 8 nitrogen and oxygen atoms in total. The lowest BCUT2D eigenvalue weighted by Crippen LogP contribution is -2.48. The van der Waals surface area contributed by atoms with Crippen LogP contribution in [0.3, 0.4) is 0 Å². The Bertz CT molecular complexity index is 1200. The predicted octanol–water partition coefficient (Wildman–Crippen LogP) is 3.34. The number of aromatic nitrogens is 1. The van der Waals surface area contributed by atoms with Crippen molar-refractivity contribution in [1.82, 2.24) is 10.3 Å². The van der Waals surface area contributed by atoms with Crippen LogP contribution in [0.25, 0.3) is 0 Å². The van der Waals surface area contributed by atoms with Crippen LogP contribution in [0, 0.1) is 5.92 Å². The van der Waals surface area contributed by atoms with E-state index in [0.717, 1.165) is 12.1 Å². The van der Waals surface area contributed by atoms with Gasteiger partial charge in [-0.25, -0.2) is 8.42 Å². The van der Waals surface area contributed by atoms with Crippen LogP contribution in [0.4, 0.5) is 0 Å². The van der Waals surface area contributed by atoms with Crippen LogP contribution in [0.15, 0.2) is 40.9 Å². The zero-order valence-corrected chi connectivity index (χ0v) is 20.5. The number of fused-ring (bicyclic) bond motifs is 1. The van der Waals surface area contributed by atoms with Crippen molar-refractivity contribution in [3.8, 4) is 5.75 Å². The van der Waals surface area contributed by atoms with E-state index in [-0.39, 0.29) is 24.1 Å². The SMILES string of the molecule is CC(C)(COc1cccc2c1C(N)=NS(=O)(=O)C2)NC(=O)c1ccnc(CC2CCCCC2)c1. The number of nitrogens with zero attached hydrogens (tertiary/aromatic N) is 2. The predicted molar refractivity (Wildman–Crippen MR) is 131 cm³/mol. The number of carbonyl (C=O) groups is 1. The number of rotatable bonds is 7. The number of benzene rings is 1. The third-order valence-electron chi connectivity index (χ3n) is 6.29. The summed E-state index contributed by atoms with van der Waals surface area (Å²) in [6.07, 6.45) is 8.93. The second-order valence-electron chi connectivity index (χ2n) is 9.86. The molecule has 34 heavy (non-hydrogen) atoms. The summed E-state index contributed by atoms with van der Waals surface area (Å²) in [6, 6.07) is 8.74. The lowest BCUT2D eigenvalue weighted by Gasteiger charge is -2.28. The molecule has 1 aromatic heterocycles. The van der Waals surface area contributed by atoms with Gasteiger partial charge in [-0.05, 0) is 49.9 Å². The molecule has 182 valence electrons. The zero-order valence-electron chi connectivity index (χ0n) is 19.7. The lowest BCUT2D eigenvalue weighted by atomic mass is 9.86. The summed E-state index contributed by atoms with van der Waals surface area (Å²) in [6.45, 7) is 3.90. The molecule has 2 heterocycles. The van der Waals surface area contributed by atoms with Crippen molar-refractivity contribution in [2.75, 3.05) is 6.61 Å². The van der Waals surface area contributed by atoms with Gasteiger partial charge in [0.25, 0.3) is 15.9 Å². The largest absolute Gasteiger partial charge is 0.490 e. The molecule has 2 aliphatic rings. The Balaban J connectivity index is 1.41. The molecule has 4 rings (SSSR count). The van der Waals surface area contributed by atoms with Crippen LogP contribution < -0.4 is 15.8 Å². The molecule has 3 N–H and O–H groups in total. The molecule has 0 radical (unpaired) electrons. The Kier molecular flexibility index (Phi) is 6.93. The Hall–Kier alpha value is -2.94. The van der Waals surface area contributed by atoms with Crippen molar-refractivity contribution in [2.45, 2.75) is 63.7 Å². The van der Waals surface area contributed by atoms with E-state index in [9.17, 15) is 13.2 Å². The van der Waals surface area contributed by atoms with E-state index in [0.29, 0.717) is 28.4 Å². The van der Waals surface area contributed by atoms with E-state index in [1.807, 2.05) is 19.9 Å². The molecule has 0 unspecified atom stereocenters. The smallest absolute Gasteiger partial charge is 0.259 e. The summed E-state index contributed by atoms with van der Waals surface area (Å²) in [5.74, 6) is 0.594. The number of hydrogen-bond acceptors (Lipinski definition) is 6. The number of amidine groups is 1. The van der Waals surface area contributed by atoms with E-state index in [1.165, 1.54) is 32.1 Å². The van der Waals surface area contributed by atoms with Crippen molar-refractivity contribution >= 4 is 21.8 Å². The average Bonchev–Trinajstić information content (AvgIpc) is 2.77. The summed E-state index contributed by atoms with van der Waals surface area (Å²) in [4.78, 5) is 17.4. The van der Waals surface area contributed by atoms with Crippen LogP contribution in [-0.2, 0) is 22.2 Å². The van der Waals surface area contributed by atoms with Crippen molar-refractivity contribution in [3.05, 3.63) is 58.9 Å². The molecule has 2 aromatic rings. The van der Waals surface area contributed by atoms with Gasteiger partial charge in [0.1, 0.15) is 18.2 Å². The highest BCUT2D eigenvalue weighted by atomic mass is 32.2. The van der Waals surface area contributed by atoms with Crippen molar-refractivity contribution in [1.29, 1.82) is 0 Å². The fourth-order valence-corrected chi connectivity index (χ4v) is 5.71. The maximum Gasteiger partial charge on any atom is 0.259 e. The second kappa shape index (κ2) is 9.74. The minimum atomic E-state index is -3.62. The monoisotopic (exact) mass is 484 g/mol. The van der Waals surface area contributed by atoms with Crippen LogP contribution in [-0.4, -0.2) is 37.3 Å². The number of sulfonamides is 1. The van der Waals surface area contributed by atoms with Gasteiger partial charge < -0.3 is 15.8 Å². The lowest BCUT2D eigenvalue weighted by molar-refractivity contribution is 0.0880. The van der Waals surface area contributed by atoms with Crippen LogP contribution in [0.1, 0.15) is 73.1 Å². The fourth-order valence-electron chi connectivity index (χ4n) is 4.62. The number of pyridine rings is 1. The van der Waals surface area contributed by atoms with Gasteiger partial charge in [0.15, 0.2) is 0 Å². The van der Waals surface area contributed by atoms with Crippen LogP contribution in [0.2, 0.25) is 0 Å². The fraction of sp³-hybridized carbons (Fsp3) is 0.480. The summed E-state index contributed by atoms with van der Waals surface area (Å²) in [7, 11) is -3.62. The molecule has 0 atom stereocenters. The summed E-state index contributed by atoms with van der Waals surface area (Å²) >= 11 is 0. The van der Waals surface area contributed by atoms with E-state index in [4.69, 9.17) is 10.5 Å². The Labute approximate surface area is 201 Å². The summed E-state index contributed by atoms with van der Waals surface area (Å²) < 4.78 is 33.4. The van der Waals surface area contributed by atoms with E-state index in [1.54, 1.807) is 30.5 Å². The molecular weight excluding hydrogens is 452 g/mol. The highest BCUT2D eigenvalue weighted by molar-refractivity contribution is 7.89. The molecule has 1 aliphatic heterocycles. The van der Waals surface area contributed by atoms with Gasteiger partial charge in [-0.2, -0.15) is 0 Å². The minimum Gasteiger partial charge on any atom is -0.490 e. The van der Waals surface area contributed by atoms with Gasteiger partial charge in [-0.3, -0.25) is 9.78 Å². The topological polar surface area (TPSA) is 124 Å². The first kappa shape index (κ1) is 24.2. The molecule has 1 aromatic carbocycles. The number of nitrogens with two attached hydrogens (primary N) is 1. The number of carbonyl (C=O) groups excluding carboxylic acids is 1. The summed E-state index contributed by atoms with van der Waals surface area (Å²) in [5.41, 5.74) is 7.79. The van der Waals surface area contributed by atoms with Crippen molar-refractivity contribution < 1.29 is 17.9 Å². The number of hydrogen-bond donors (Lipinski definition) is 2. The average molecular weight is 485 g/mol. The Morgan fingerprint density at radius 1 is 1.21 bits per heavy atom. The van der Waals surface area contributed by atoms with Crippen molar-refractivity contribution in [3.63, 3.8) is 0 Å². The molecule has 0 saturated heterocycles. The number of ether oxygens (including phenoxy) is 1. The molecule has 9 heteroatoms. The van der Waals surface area contributed by atoms with E-state index in [2.05, 4.69) is 14.7 Å². The molecule has 1 fully saturated rings. The Morgan fingerprint density at radius 3 is 2.74 bits per heavy atom. The third kappa shape index (κ3) is 5.94. The highest BCUT2D eigenvalue weighted by Crippen LogP contribution is 2.29. The molecular formula is C25H32N4O4S. The first-order valence-corrected chi connectivity index (χ1v) is 13.3. The maximum atomic E-state index is 13.0. The highest BCUT2D eigenvalue weighted by Gasteiger charge is 2.27. The first-order valence-electron chi connectivity index (χ1n) is 11.7. The quantitative estimate of drug-likeness (QED) is 0.621. The van der Waals surface area contributed by atoms with Crippen LogP contribution >= 0.6 is 0 Å². The van der Waals surface area contributed by atoms with E-state index >= 15 is 0 Å². The van der Waals surface area contributed by atoms with Gasteiger partial charge in [0, 0.05) is 17.5 Å². The molecule has 0 bridgehead atoms. The van der Waals surface area contributed by atoms with Gasteiger partial charge in [0.05, 0.1) is 16.9 Å². The molecule has 1 aliphatic carbocycles.